The molecule has 10 heteroatoms. The quantitative estimate of drug-likeness (QED) is 0.501. The average molecular weight is 468 g/mol. The molecule has 1 aliphatic heterocycles. The molecule has 1 atom stereocenters. The lowest BCUT2D eigenvalue weighted by molar-refractivity contribution is -0.128. The third kappa shape index (κ3) is 5.59. The molecule has 1 heterocycles. The van der Waals surface area contributed by atoms with Crippen molar-refractivity contribution in [2.24, 2.45) is 0 Å². The first-order valence-corrected chi connectivity index (χ1v) is 10.8. The summed E-state index contributed by atoms with van der Waals surface area (Å²) in [5, 5.41) is 1.01. The van der Waals surface area contributed by atoms with E-state index < -0.39 is 17.9 Å². The maximum atomic E-state index is 12.4. The first kappa shape index (κ1) is 22.3. The average Bonchev–Trinajstić information content (AvgIpc) is 2.73. The van der Waals surface area contributed by atoms with E-state index in [0.29, 0.717) is 26.4 Å². The van der Waals surface area contributed by atoms with Crippen molar-refractivity contribution >= 4 is 58.4 Å². The van der Waals surface area contributed by atoms with E-state index in [-0.39, 0.29) is 24.6 Å². The summed E-state index contributed by atoms with van der Waals surface area (Å²) in [5.74, 6) is -0.396. The second-order valence-electron chi connectivity index (χ2n) is 6.43. The van der Waals surface area contributed by atoms with Crippen molar-refractivity contribution in [3.05, 3.63) is 52.5 Å². The van der Waals surface area contributed by atoms with Crippen molar-refractivity contribution in [3.63, 3.8) is 0 Å². The number of halogens is 2. The van der Waals surface area contributed by atoms with Crippen LogP contribution in [-0.4, -0.2) is 36.1 Å². The number of anilines is 1. The van der Waals surface area contributed by atoms with Gasteiger partial charge in [0.25, 0.3) is 5.91 Å². The van der Waals surface area contributed by atoms with E-state index in [1.165, 1.54) is 16.7 Å². The summed E-state index contributed by atoms with van der Waals surface area (Å²) < 4.78 is 5.57. The number of thioether (sulfide) groups is 1. The fourth-order valence-corrected chi connectivity index (χ4v) is 4.06. The Labute approximate surface area is 188 Å². The zero-order valence-electron chi connectivity index (χ0n) is 16.0. The summed E-state index contributed by atoms with van der Waals surface area (Å²) in [6.07, 6.45) is -0.613. The standard InChI is InChI=1S/C20H19Cl2N3O4S/c1-12-20(28)25(15-4-2-3-5-16(15)29-12)9-8-18(26)23-24-19(27)11-30-17-10-13(21)6-7-14(17)22/h2-7,10,12H,8-9,11H2,1H3,(H,23,26)(H,24,27). The van der Waals surface area contributed by atoms with Crippen molar-refractivity contribution in [2.75, 3.05) is 17.2 Å². The first-order chi connectivity index (χ1) is 14.3. The third-order valence-corrected chi connectivity index (χ3v) is 5.96. The molecule has 0 spiro atoms. The Morgan fingerprint density at radius 3 is 2.67 bits per heavy atom. The van der Waals surface area contributed by atoms with E-state index in [1.54, 1.807) is 43.3 Å². The highest BCUT2D eigenvalue weighted by Gasteiger charge is 2.31. The van der Waals surface area contributed by atoms with Crippen LogP contribution in [0.5, 0.6) is 5.75 Å². The lowest BCUT2D eigenvalue weighted by Crippen LogP contribution is -2.47. The van der Waals surface area contributed by atoms with E-state index in [0.717, 1.165) is 0 Å². The Kier molecular flexibility index (Phi) is 7.47. The maximum Gasteiger partial charge on any atom is 0.267 e. The molecule has 2 aromatic rings. The zero-order valence-corrected chi connectivity index (χ0v) is 18.3. The summed E-state index contributed by atoms with van der Waals surface area (Å²) in [5.41, 5.74) is 5.32. The largest absolute Gasteiger partial charge is 0.479 e. The number of hydrogen-bond donors (Lipinski definition) is 2. The number of fused-ring (bicyclic) bond motifs is 1. The molecule has 3 amide bonds. The second-order valence-corrected chi connectivity index (χ2v) is 8.29. The van der Waals surface area contributed by atoms with Gasteiger partial charge in [-0.15, -0.1) is 11.8 Å². The van der Waals surface area contributed by atoms with Gasteiger partial charge < -0.3 is 9.64 Å². The van der Waals surface area contributed by atoms with Gasteiger partial charge in [0, 0.05) is 22.9 Å². The molecule has 1 unspecified atom stereocenters. The predicted octanol–water partition coefficient (Wildman–Crippen LogP) is 3.44. The molecule has 3 rings (SSSR count). The topological polar surface area (TPSA) is 87.7 Å². The van der Waals surface area contributed by atoms with Crippen molar-refractivity contribution < 1.29 is 19.1 Å². The Balaban J connectivity index is 1.46. The van der Waals surface area contributed by atoms with Crippen molar-refractivity contribution in [2.45, 2.75) is 24.3 Å². The van der Waals surface area contributed by atoms with Crippen LogP contribution >= 0.6 is 35.0 Å². The van der Waals surface area contributed by atoms with E-state index in [9.17, 15) is 14.4 Å². The number of ether oxygens (including phenoxy) is 1. The van der Waals surface area contributed by atoms with Crippen molar-refractivity contribution in [1.29, 1.82) is 0 Å². The molecule has 158 valence electrons. The minimum absolute atomic E-state index is 0.0142. The zero-order chi connectivity index (χ0) is 21.7. The number of nitrogens with zero attached hydrogens (tertiary/aromatic N) is 1. The van der Waals surface area contributed by atoms with Crippen molar-refractivity contribution in [1.82, 2.24) is 10.9 Å². The van der Waals surface area contributed by atoms with E-state index in [4.69, 9.17) is 27.9 Å². The van der Waals surface area contributed by atoms with Gasteiger partial charge in [0.2, 0.25) is 11.8 Å². The van der Waals surface area contributed by atoms with Crippen LogP contribution in [0.15, 0.2) is 47.4 Å². The Bertz CT molecular complexity index is 973. The molecule has 1 aliphatic rings. The number of rotatable bonds is 6. The van der Waals surface area contributed by atoms with E-state index in [1.807, 2.05) is 6.07 Å². The van der Waals surface area contributed by atoms with Crippen LogP contribution in [0, 0.1) is 0 Å². The normalized spacial score (nSPS) is 15.2. The molecule has 7 nitrogen and oxygen atoms in total. The van der Waals surface area contributed by atoms with E-state index >= 15 is 0 Å². The van der Waals surface area contributed by atoms with Crippen molar-refractivity contribution in [3.8, 4) is 5.75 Å². The van der Waals surface area contributed by atoms with Gasteiger partial charge in [0.15, 0.2) is 6.10 Å². The minimum atomic E-state index is -0.627. The van der Waals surface area contributed by atoms with Crippen LogP contribution in [-0.2, 0) is 14.4 Å². The van der Waals surface area contributed by atoms with E-state index in [2.05, 4.69) is 10.9 Å². The summed E-state index contributed by atoms with van der Waals surface area (Å²) in [7, 11) is 0. The molecule has 0 saturated carbocycles. The minimum Gasteiger partial charge on any atom is -0.479 e. The molecule has 30 heavy (non-hydrogen) atoms. The Morgan fingerprint density at radius 2 is 1.87 bits per heavy atom. The van der Waals surface area contributed by atoms with Gasteiger partial charge in [-0.3, -0.25) is 25.2 Å². The molecule has 0 aliphatic carbocycles. The lowest BCUT2D eigenvalue weighted by atomic mass is 10.1. The number of carbonyl (C=O) groups is 3. The fourth-order valence-electron chi connectivity index (χ4n) is 2.77. The first-order valence-electron chi connectivity index (χ1n) is 9.07. The molecule has 0 saturated heterocycles. The Morgan fingerprint density at radius 1 is 1.13 bits per heavy atom. The Hall–Kier alpha value is -2.42. The summed E-state index contributed by atoms with van der Waals surface area (Å²) in [4.78, 5) is 38.7. The third-order valence-electron chi connectivity index (χ3n) is 4.23. The van der Waals surface area contributed by atoms with Gasteiger partial charge in [-0.2, -0.15) is 0 Å². The van der Waals surface area contributed by atoms with Gasteiger partial charge in [-0.1, -0.05) is 35.3 Å². The van der Waals surface area contributed by atoms with Gasteiger partial charge in [0.1, 0.15) is 5.75 Å². The van der Waals surface area contributed by atoms with Gasteiger partial charge in [-0.05, 0) is 37.3 Å². The smallest absolute Gasteiger partial charge is 0.267 e. The van der Waals surface area contributed by atoms with Crippen LogP contribution in [0.4, 0.5) is 5.69 Å². The van der Waals surface area contributed by atoms with Gasteiger partial charge in [-0.25, -0.2) is 0 Å². The second kappa shape index (κ2) is 10.1. The summed E-state index contributed by atoms with van der Waals surface area (Å²) >= 11 is 13.2. The lowest BCUT2D eigenvalue weighted by Gasteiger charge is -2.32. The molecular formula is C20H19Cl2N3O4S. The van der Waals surface area contributed by atoms with Crippen LogP contribution in [0.2, 0.25) is 10.0 Å². The number of para-hydroxylation sites is 2. The molecule has 0 aromatic heterocycles. The number of benzene rings is 2. The van der Waals surface area contributed by atoms with Crippen LogP contribution in [0.25, 0.3) is 0 Å². The maximum absolute atomic E-state index is 12.4. The highest BCUT2D eigenvalue weighted by Crippen LogP contribution is 2.33. The molecule has 0 fully saturated rings. The molecule has 2 N–H and O–H groups in total. The highest BCUT2D eigenvalue weighted by molar-refractivity contribution is 8.00. The SMILES string of the molecule is CC1Oc2ccccc2N(CCC(=O)NNC(=O)CSc2cc(Cl)ccc2Cl)C1=O. The van der Waals surface area contributed by atoms with Crippen LogP contribution in [0.3, 0.4) is 0 Å². The number of carbonyl (C=O) groups excluding carboxylic acids is 3. The summed E-state index contributed by atoms with van der Waals surface area (Å²) in [6, 6.07) is 12.1. The molecule has 2 aromatic carbocycles. The van der Waals surface area contributed by atoms with Gasteiger partial charge >= 0.3 is 0 Å². The fraction of sp³-hybridized carbons (Fsp3) is 0.250. The molecule has 0 radical (unpaired) electrons. The number of amides is 3. The number of hydrogen-bond acceptors (Lipinski definition) is 5. The van der Waals surface area contributed by atoms with Crippen LogP contribution in [0.1, 0.15) is 13.3 Å². The number of hydrazine groups is 1. The highest BCUT2D eigenvalue weighted by atomic mass is 35.5. The molecule has 0 bridgehead atoms. The molecular weight excluding hydrogens is 449 g/mol. The van der Waals surface area contributed by atoms with Crippen LogP contribution < -0.4 is 20.5 Å². The van der Waals surface area contributed by atoms with Gasteiger partial charge in [0.05, 0.1) is 16.5 Å². The number of nitrogens with one attached hydrogen (secondary N) is 2. The monoisotopic (exact) mass is 467 g/mol. The predicted molar refractivity (Wildman–Crippen MR) is 117 cm³/mol. The summed E-state index contributed by atoms with van der Waals surface area (Å²) in [6.45, 7) is 1.83.